The molecule has 22 heavy (non-hydrogen) atoms. The van der Waals surface area contributed by atoms with Gasteiger partial charge in [0.05, 0.1) is 11.6 Å². The van der Waals surface area contributed by atoms with Gasteiger partial charge in [-0.2, -0.15) is 0 Å². The number of nitrogens with zero attached hydrogens (tertiary/aromatic N) is 1. The van der Waals surface area contributed by atoms with Gasteiger partial charge in [0.1, 0.15) is 0 Å². The number of aromatic nitrogens is 1. The maximum atomic E-state index is 12.2. The molecule has 116 valence electrons. The first-order valence-electron chi connectivity index (χ1n) is 7.23. The third-order valence-corrected chi connectivity index (χ3v) is 3.41. The second kappa shape index (κ2) is 7.80. The van der Waals surface area contributed by atoms with Crippen LogP contribution in [-0.2, 0) is 6.42 Å². The van der Waals surface area contributed by atoms with Gasteiger partial charge in [-0.05, 0) is 31.9 Å². The Morgan fingerprint density at radius 3 is 2.86 bits per heavy atom. The van der Waals surface area contributed by atoms with E-state index in [0.29, 0.717) is 24.1 Å². The predicted octanol–water partition coefficient (Wildman–Crippen LogP) is 3.41. The summed E-state index contributed by atoms with van der Waals surface area (Å²) >= 11 is 6.03. The quantitative estimate of drug-likeness (QED) is 0.888. The minimum atomic E-state index is -0.292. The van der Waals surface area contributed by atoms with Gasteiger partial charge in [-0.1, -0.05) is 41.4 Å². The van der Waals surface area contributed by atoms with Gasteiger partial charge >= 0.3 is 0 Å². The van der Waals surface area contributed by atoms with Gasteiger partial charge < -0.3 is 10.1 Å². The van der Waals surface area contributed by atoms with Crippen molar-refractivity contribution in [3.8, 4) is 5.88 Å². The number of pyridine rings is 1. The molecule has 1 amide bonds. The molecule has 1 N–H and O–H groups in total. The summed E-state index contributed by atoms with van der Waals surface area (Å²) in [5.74, 6) is 0.106. The topological polar surface area (TPSA) is 51.2 Å². The Kier molecular flexibility index (Phi) is 5.78. The third kappa shape index (κ3) is 4.46. The van der Waals surface area contributed by atoms with E-state index in [-0.39, 0.29) is 11.6 Å². The van der Waals surface area contributed by atoms with Crippen molar-refractivity contribution >= 4 is 17.5 Å². The van der Waals surface area contributed by atoms with Crippen molar-refractivity contribution in [3.63, 3.8) is 0 Å². The Labute approximate surface area is 135 Å². The number of amides is 1. The second-order valence-electron chi connectivity index (χ2n) is 4.91. The summed E-state index contributed by atoms with van der Waals surface area (Å²) in [4.78, 5) is 16.3. The van der Waals surface area contributed by atoms with Crippen molar-refractivity contribution in [2.75, 3.05) is 13.2 Å². The Balaban J connectivity index is 1.96. The van der Waals surface area contributed by atoms with Gasteiger partial charge in [0.15, 0.2) is 5.69 Å². The monoisotopic (exact) mass is 318 g/mol. The normalized spacial score (nSPS) is 10.3. The molecule has 1 heterocycles. The lowest BCUT2D eigenvalue weighted by molar-refractivity contribution is 0.0948. The Morgan fingerprint density at radius 1 is 1.32 bits per heavy atom. The van der Waals surface area contributed by atoms with Crippen LogP contribution in [0.1, 0.15) is 28.5 Å². The average Bonchev–Trinajstić information content (AvgIpc) is 2.49. The first-order chi connectivity index (χ1) is 10.6. The van der Waals surface area contributed by atoms with E-state index in [1.807, 2.05) is 32.0 Å². The van der Waals surface area contributed by atoms with E-state index in [4.69, 9.17) is 16.3 Å². The molecule has 0 spiro atoms. The second-order valence-corrected chi connectivity index (χ2v) is 5.32. The Bertz CT molecular complexity index is 659. The highest BCUT2D eigenvalue weighted by molar-refractivity contribution is 6.33. The van der Waals surface area contributed by atoms with Crippen LogP contribution in [0.15, 0.2) is 36.4 Å². The van der Waals surface area contributed by atoms with Gasteiger partial charge in [0.2, 0.25) is 5.88 Å². The van der Waals surface area contributed by atoms with Crippen molar-refractivity contribution in [2.45, 2.75) is 20.3 Å². The SMILES string of the molecule is CCOc1ccc(Cl)c(C(=O)NCCc2cccc(C)c2)n1. The molecule has 4 nitrogen and oxygen atoms in total. The van der Waals surface area contributed by atoms with Crippen LogP contribution >= 0.6 is 11.6 Å². The third-order valence-electron chi connectivity index (χ3n) is 3.11. The van der Waals surface area contributed by atoms with Crippen LogP contribution in [0.25, 0.3) is 0 Å². The first-order valence-corrected chi connectivity index (χ1v) is 7.61. The molecule has 2 aromatic rings. The Hall–Kier alpha value is -2.07. The van der Waals surface area contributed by atoms with Crippen molar-refractivity contribution in [1.29, 1.82) is 0 Å². The lowest BCUT2D eigenvalue weighted by Crippen LogP contribution is -2.27. The summed E-state index contributed by atoms with van der Waals surface area (Å²) in [5, 5.41) is 3.15. The van der Waals surface area contributed by atoms with E-state index in [1.165, 1.54) is 11.1 Å². The van der Waals surface area contributed by atoms with Gasteiger partial charge in [-0.3, -0.25) is 4.79 Å². The van der Waals surface area contributed by atoms with E-state index in [9.17, 15) is 4.79 Å². The molecule has 0 saturated carbocycles. The largest absolute Gasteiger partial charge is 0.478 e. The van der Waals surface area contributed by atoms with E-state index in [2.05, 4.69) is 16.4 Å². The van der Waals surface area contributed by atoms with E-state index >= 15 is 0 Å². The highest BCUT2D eigenvalue weighted by atomic mass is 35.5. The smallest absolute Gasteiger partial charge is 0.271 e. The molecule has 0 radical (unpaired) electrons. The van der Waals surface area contributed by atoms with Crippen molar-refractivity contribution < 1.29 is 9.53 Å². The number of hydrogen-bond acceptors (Lipinski definition) is 3. The summed E-state index contributed by atoms with van der Waals surface area (Å²) in [7, 11) is 0. The molecule has 0 fully saturated rings. The summed E-state index contributed by atoms with van der Waals surface area (Å²) in [6.45, 7) is 4.92. The number of rotatable bonds is 6. The lowest BCUT2D eigenvalue weighted by atomic mass is 10.1. The zero-order valence-electron chi connectivity index (χ0n) is 12.7. The standard InChI is InChI=1S/C17H19ClN2O2/c1-3-22-15-8-7-14(18)16(20-15)17(21)19-10-9-13-6-4-5-12(2)11-13/h4-8,11H,3,9-10H2,1-2H3,(H,19,21). The number of carbonyl (C=O) groups is 1. The molecule has 0 saturated heterocycles. The van der Waals surface area contributed by atoms with Gasteiger partial charge in [0.25, 0.3) is 5.91 Å². The molecule has 0 aliphatic rings. The number of nitrogens with one attached hydrogen (secondary N) is 1. The Morgan fingerprint density at radius 2 is 2.14 bits per heavy atom. The molecular weight excluding hydrogens is 300 g/mol. The van der Waals surface area contributed by atoms with E-state index in [0.717, 1.165) is 6.42 Å². The number of aryl methyl sites for hydroxylation is 1. The average molecular weight is 319 g/mol. The molecule has 0 bridgehead atoms. The summed E-state index contributed by atoms with van der Waals surface area (Å²) in [5.41, 5.74) is 2.58. The fraction of sp³-hybridized carbons (Fsp3) is 0.294. The molecule has 1 aromatic carbocycles. The number of benzene rings is 1. The highest BCUT2D eigenvalue weighted by Crippen LogP contribution is 2.18. The molecule has 1 aromatic heterocycles. The zero-order valence-corrected chi connectivity index (χ0v) is 13.5. The van der Waals surface area contributed by atoms with Gasteiger partial charge in [0, 0.05) is 12.6 Å². The van der Waals surface area contributed by atoms with Crippen molar-refractivity contribution in [2.24, 2.45) is 0 Å². The minimum absolute atomic E-state index is 0.192. The van der Waals surface area contributed by atoms with Crippen molar-refractivity contribution in [3.05, 3.63) is 58.2 Å². The lowest BCUT2D eigenvalue weighted by Gasteiger charge is -2.08. The predicted molar refractivity (Wildman–Crippen MR) is 87.6 cm³/mol. The summed E-state index contributed by atoms with van der Waals surface area (Å²) < 4.78 is 5.29. The highest BCUT2D eigenvalue weighted by Gasteiger charge is 2.13. The van der Waals surface area contributed by atoms with Gasteiger partial charge in [-0.25, -0.2) is 4.98 Å². The number of carbonyl (C=O) groups excluding carboxylic acids is 1. The molecule has 0 atom stereocenters. The van der Waals surface area contributed by atoms with Crippen LogP contribution in [0.5, 0.6) is 5.88 Å². The molecule has 2 rings (SSSR count). The van der Waals surface area contributed by atoms with Crippen LogP contribution in [0.2, 0.25) is 5.02 Å². The molecule has 5 heteroatoms. The van der Waals surface area contributed by atoms with E-state index < -0.39 is 0 Å². The zero-order chi connectivity index (χ0) is 15.9. The molecule has 0 unspecified atom stereocenters. The first kappa shape index (κ1) is 16.3. The fourth-order valence-corrected chi connectivity index (χ4v) is 2.27. The maximum Gasteiger partial charge on any atom is 0.271 e. The minimum Gasteiger partial charge on any atom is -0.478 e. The maximum absolute atomic E-state index is 12.2. The van der Waals surface area contributed by atoms with Crippen LogP contribution in [0.4, 0.5) is 0 Å². The van der Waals surface area contributed by atoms with Crippen LogP contribution in [0.3, 0.4) is 0 Å². The summed E-state index contributed by atoms with van der Waals surface area (Å²) in [6.07, 6.45) is 0.760. The van der Waals surface area contributed by atoms with Crippen LogP contribution < -0.4 is 10.1 Å². The molecule has 0 aliphatic carbocycles. The van der Waals surface area contributed by atoms with Crippen molar-refractivity contribution in [1.82, 2.24) is 10.3 Å². The number of ether oxygens (including phenoxy) is 1. The fourth-order valence-electron chi connectivity index (χ4n) is 2.08. The number of halogens is 1. The molecule has 0 aliphatic heterocycles. The van der Waals surface area contributed by atoms with Gasteiger partial charge in [-0.15, -0.1) is 0 Å². The van der Waals surface area contributed by atoms with E-state index in [1.54, 1.807) is 12.1 Å². The van der Waals surface area contributed by atoms with Crippen LogP contribution in [0, 0.1) is 6.92 Å². The van der Waals surface area contributed by atoms with Crippen LogP contribution in [-0.4, -0.2) is 24.0 Å². The molecular formula is C17H19ClN2O2. The summed E-state index contributed by atoms with van der Waals surface area (Å²) in [6, 6.07) is 11.5. The number of hydrogen-bond donors (Lipinski definition) is 1.